The van der Waals surface area contributed by atoms with Gasteiger partial charge in [-0.25, -0.2) is 0 Å². The number of likely N-dealkylation sites (N-methyl/N-ethyl adjacent to an activating group) is 1. The first-order chi connectivity index (χ1) is 8.86. The maximum atomic E-state index is 3.48. The normalized spacial score (nSPS) is 16.5. The predicted molar refractivity (Wildman–Crippen MR) is 80.8 cm³/mol. The lowest BCUT2D eigenvalue weighted by atomic mass is 9.98. The van der Waals surface area contributed by atoms with Crippen LogP contribution >= 0.6 is 22.7 Å². The molecule has 2 heterocycles. The van der Waals surface area contributed by atoms with Gasteiger partial charge in [0, 0.05) is 27.1 Å². The van der Waals surface area contributed by atoms with Gasteiger partial charge >= 0.3 is 0 Å². The molecule has 2 aromatic heterocycles. The van der Waals surface area contributed by atoms with Gasteiger partial charge < -0.3 is 5.32 Å². The van der Waals surface area contributed by atoms with Crippen molar-refractivity contribution in [2.24, 2.45) is 0 Å². The number of aryl methyl sites for hydroxylation is 2. The van der Waals surface area contributed by atoms with Crippen LogP contribution in [0.5, 0.6) is 0 Å². The van der Waals surface area contributed by atoms with E-state index in [1.165, 1.54) is 35.4 Å². The van der Waals surface area contributed by atoms with E-state index < -0.39 is 0 Å². The molecule has 0 saturated heterocycles. The minimum absolute atomic E-state index is 0.485. The highest BCUT2D eigenvalue weighted by molar-refractivity contribution is 7.12. The van der Waals surface area contributed by atoms with Crippen molar-refractivity contribution in [2.75, 3.05) is 7.05 Å². The van der Waals surface area contributed by atoms with Crippen LogP contribution in [-0.4, -0.2) is 7.05 Å². The largest absolute Gasteiger partial charge is 0.312 e. The minimum atomic E-state index is 0.485. The molecule has 3 heteroatoms. The lowest BCUT2D eigenvalue weighted by Gasteiger charge is -2.13. The highest BCUT2D eigenvalue weighted by Crippen LogP contribution is 2.34. The van der Waals surface area contributed by atoms with Gasteiger partial charge in [0.25, 0.3) is 0 Å². The number of nitrogens with one attached hydrogen (secondary N) is 1. The van der Waals surface area contributed by atoms with E-state index in [1.807, 2.05) is 22.7 Å². The number of hydrogen-bond acceptors (Lipinski definition) is 3. The summed E-state index contributed by atoms with van der Waals surface area (Å²) in [5.41, 5.74) is 1.62. The van der Waals surface area contributed by atoms with Gasteiger partial charge in [0.05, 0.1) is 0 Å². The van der Waals surface area contributed by atoms with Crippen LogP contribution in [0.3, 0.4) is 0 Å². The molecule has 0 bridgehead atoms. The molecule has 0 amide bonds. The Balaban J connectivity index is 1.80. The van der Waals surface area contributed by atoms with Crippen LogP contribution in [-0.2, 0) is 19.3 Å². The van der Waals surface area contributed by atoms with E-state index in [0.29, 0.717) is 6.04 Å². The van der Waals surface area contributed by atoms with Crippen LogP contribution in [0, 0.1) is 0 Å². The molecular weight excluding hydrogens is 258 g/mol. The molecule has 0 spiro atoms. The van der Waals surface area contributed by atoms with E-state index in [0.717, 1.165) is 6.42 Å². The summed E-state index contributed by atoms with van der Waals surface area (Å²) in [5, 5.41) is 5.65. The van der Waals surface area contributed by atoms with Crippen molar-refractivity contribution in [3.05, 3.63) is 43.8 Å². The average molecular weight is 277 g/mol. The molecule has 0 fully saturated rings. The molecule has 1 unspecified atom stereocenters. The van der Waals surface area contributed by atoms with Gasteiger partial charge in [0.2, 0.25) is 0 Å². The molecule has 1 N–H and O–H groups in total. The monoisotopic (exact) mass is 277 g/mol. The first kappa shape index (κ1) is 12.4. The standard InChI is InChI=1S/C15H19NS2/c1-16-13(10-12-6-4-8-17-12)15-9-11-5-2-3-7-14(11)18-15/h4,6,8-9,13,16H,2-3,5,7,10H2,1H3. The highest BCUT2D eigenvalue weighted by Gasteiger charge is 2.18. The molecular formula is C15H19NS2. The Labute approximate surface area is 117 Å². The number of fused-ring (bicyclic) bond motifs is 1. The maximum Gasteiger partial charge on any atom is 0.0461 e. The van der Waals surface area contributed by atoms with Crippen molar-refractivity contribution in [2.45, 2.75) is 38.1 Å². The van der Waals surface area contributed by atoms with Crippen molar-refractivity contribution in [1.82, 2.24) is 5.32 Å². The molecule has 1 aliphatic carbocycles. The Kier molecular flexibility index (Phi) is 3.83. The van der Waals surface area contributed by atoms with Crippen molar-refractivity contribution in [3.63, 3.8) is 0 Å². The highest BCUT2D eigenvalue weighted by atomic mass is 32.1. The molecule has 3 rings (SSSR count). The van der Waals surface area contributed by atoms with Gasteiger partial charge in [-0.2, -0.15) is 0 Å². The minimum Gasteiger partial charge on any atom is -0.312 e. The molecule has 1 aliphatic rings. The van der Waals surface area contributed by atoms with E-state index >= 15 is 0 Å². The van der Waals surface area contributed by atoms with Crippen molar-refractivity contribution in [1.29, 1.82) is 0 Å². The van der Waals surface area contributed by atoms with Crippen LogP contribution in [0.4, 0.5) is 0 Å². The number of hydrogen-bond donors (Lipinski definition) is 1. The van der Waals surface area contributed by atoms with Crippen molar-refractivity contribution < 1.29 is 0 Å². The van der Waals surface area contributed by atoms with E-state index in [2.05, 4.69) is 35.9 Å². The van der Waals surface area contributed by atoms with Gasteiger partial charge in [0.15, 0.2) is 0 Å². The molecule has 1 atom stereocenters. The van der Waals surface area contributed by atoms with Gasteiger partial charge in [0.1, 0.15) is 0 Å². The number of rotatable bonds is 4. The summed E-state index contributed by atoms with van der Waals surface area (Å²) in [7, 11) is 2.08. The lowest BCUT2D eigenvalue weighted by Crippen LogP contribution is -2.17. The van der Waals surface area contributed by atoms with Crippen LogP contribution in [0.2, 0.25) is 0 Å². The quantitative estimate of drug-likeness (QED) is 0.883. The second-order valence-corrected chi connectivity index (χ2v) is 7.13. The third-order valence-corrected chi connectivity index (χ3v) is 5.94. The molecule has 2 aromatic rings. The zero-order chi connectivity index (χ0) is 12.4. The van der Waals surface area contributed by atoms with Crippen molar-refractivity contribution in [3.8, 4) is 0 Å². The Bertz CT molecular complexity index is 475. The predicted octanol–water partition coefficient (Wildman–Crippen LogP) is 4.19. The van der Waals surface area contributed by atoms with Crippen LogP contribution in [0.1, 0.15) is 39.1 Å². The van der Waals surface area contributed by atoms with Crippen molar-refractivity contribution >= 4 is 22.7 Å². The van der Waals surface area contributed by atoms with Gasteiger partial charge in [-0.15, -0.1) is 22.7 Å². The molecule has 0 saturated carbocycles. The maximum absolute atomic E-state index is 3.48. The summed E-state index contributed by atoms with van der Waals surface area (Å²) in [5.74, 6) is 0. The topological polar surface area (TPSA) is 12.0 Å². The second-order valence-electron chi connectivity index (χ2n) is 4.93. The van der Waals surface area contributed by atoms with Crippen LogP contribution in [0.25, 0.3) is 0 Å². The fraction of sp³-hybridized carbons (Fsp3) is 0.467. The molecule has 18 heavy (non-hydrogen) atoms. The lowest BCUT2D eigenvalue weighted by molar-refractivity contribution is 0.606. The molecule has 96 valence electrons. The summed E-state index contributed by atoms with van der Waals surface area (Å²) >= 11 is 3.89. The summed E-state index contributed by atoms with van der Waals surface area (Å²) in [6.45, 7) is 0. The van der Waals surface area contributed by atoms with E-state index in [1.54, 1.807) is 10.4 Å². The van der Waals surface area contributed by atoms with E-state index in [9.17, 15) is 0 Å². The molecule has 0 radical (unpaired) electrons. The third kappa shape index (κ3) is 2.53. The summed E-state index contributed by atoms with van der Waals surface area (Å²) in [4.78, 5) is 4.64. The summed E-state index contributed by atoms with van der Waals surface area (Å²) in [6.07, 6.45) is 6.46. The van der Waals surface area contributed by atoms with E-state index in [-0.39, 0.29) is 0 Å². The molecule has 0 aromatic carbocycles. The van der Waals surface area contributed by atoms with Gasteiger partial charge in [-0.05, 0) is 55.8 Å². The third-order valence-electron chi connectivity index (χ3n) is 3.69. The molecule has 0 aliphatic heterocycles. The zero-order valence-corrected chi connectivity index (χ0v) is 12.4. The summed E-state index contributed by atoms with van der Waals surface area (Å²) < 4.78 is 0. The molecule has 1 nitrogen and oxygen atoms in total. The Hall–Kier alpha value is -0.640. The average Bonchev–Trinajstić information content (AvgIpc) is 3.04. The first-order valence-electron chi connectivity index (χ1n) is 6.68. The smallest absolute Gasteiger partial charge is 0.0461 e. The Morgan fingerprint density at radius 1 is 1.33 bits per heavy atom. The zero-order valence-electron chi connectivity index (χ0n) is 10.7. The first-order valence-corrected chi connectivity index (χ1v) is 8.37. The SMILES string of the molecule is CNC(Cc1cccs1)c1cc2c(s1)CCCC2. The number of thiophene rings is 2. The fourth-order valence-corrected chi connectivity index (χ4v) is 4.78. The summed E-state index contributed by atoms with van der Waals surface area (Å²) in [6, 6.07) is 7.32. The van der Waals surface area contributed by atoms with E-state index in [4.69, 9.17) is 0 Å². The Morgan fingerprint density at radius 2 is 2.22 bits per heavy atom. The fourth-order valence-electron chi connectivity index (χ4n) is 2.66. The van der Waals surface area contributed by atoms with Crippen LogP contribution in [0.15, 0.2) is 23.6 Å². The van der Waals surface area contributed by atoms with Crippen LogP contribution < -0.4 is 5.32 Å². The Morgan fingerprint density at radius 3 is 2.94 bits per heavy atom. The second kappa shape index (κ2) is 5.55. The van der Waals surface area contributed by atoms with Gasteiger partial charge in [-0.1, -0.05) is 6.07 Å². The van der Waals surface area contributed by atoms with Gasteiger partial charge in [-0.3, -0.25) is 0 Å².